The second-order valence-corrected chi connectivity index (χ2v) is 6.03. The van der Waals surface area contributed by atoms with Crippen LogP contribution in [0.3, 0.4) is 0 Å². The number of nitrogens with two attached hydrogens (primary N) is 1. The van der Waals surface area contributed by atoms with Crippen molar-refractivity contribution >= 4 is 27.6 Å². The molecule has 1 heterocycles. The highest BCUT2D eigenvalue weighted by Crippen LogP contribution is 2.23. The van der Waals surface area contributed by atoms with Gasteiger partial charge in [0.15, 0.2) is 0 Å². The van der Waals surface area contributed by atoms with Crippen molar-refractivity contribution in [1.29, 1.82) is 0 Å². The van der Waals surface area contributed by atoms with Crippen molar-refractivity contribution in [2.45, 2.75) is 32.7 Å². The Morgan fingerprint density at radius 2 is 1.90 bits per heavy atom. The number of halogens is 1. The van der Waals surface area contributed by atoms with E-state index in [1.54, 1.807) is 6.07 Å². The molecule has 0 spiro atoms. The molecule has 0 aliphatic rings. The summed E-state index contributed by atoms with van der Waals surface area (Å²) in [6.07, 6.45) is 0. The van der Waals surface area contributed by atoms with E-state index in [-0.39, 0.29) is 12.0 Å². The lowest BCUT2D eigenvalue weighted by molar-refractivity contribution is 0.771. The number of nitrogen functional groups attached to an aromatic ring is 1. The fourth-order valence-corrected chi connectivity index (χ4v) is 2.32. The Morgan fingerprint density at radius 1 is 1.15 bits per heavy atom. The summed E-state index contributed by atoms with van der Waals surface area (Å²) in [4.78, 5) is 8.75. The van der Waals surface area contributed by atoms with Gasteiger partial charge in [0.25, 0.3) is 0 Å². The van der Waals surface area contributed by atoms with E-state index in [4.69, 9.17) is 5.73 Å². The summed E-state index contributed by atoms with van der Waals surface area (Å²) in [5.41, 5.74) is 7.02. The third-order valence-corrected chi connectivity index (χ3v) is 3.49. The van der Waals surface area contributed by atoms with Gasteiger partial charge >= 0.3 is 0 Å². The predicted molar refractivity (Wildman–Crippen MR) is 86.7 cm³/mol. The zero-order valence-corrected chi connectivity index (χ0v) is 13.5. The first-order chi connectivity index (χ1) is 9.45. The minimum Gasteiger partial charge on any atom is -0.384 e. The van der Waals surface area contributed by atoms with Crippen LogP contribution in [-0.4, -0.2) is 9.97 Å². The van der Waals surface area contributed by atoms with Gasteiger partial charge in [0, 0.05) is 22.5 Å². The van der Waals surface area contributed by atoms with Crippen LogP contribution in [0.2, 0.25) is 0 Å². The molecule has 4 nitrogen and oxygen atoms in total. The third kappa shape index (κ3) is 3.70. The molecular formula is C15H19BrN4. The molecule has 0 radical (unpaired) electrons. The van der Waals surface area contributed by atoms with Crippen molar-refractivity contribution in [3.05, 3.63) is 46.2 Å². The SMILES string of the molecule is CC(C)c1nc(N)cc(NC(C)c2cccc(Br)c2)n1. The van der Waals surface area contributed by atoms with Gasteiger partial charge in [-0.1, -0.05) is 41.9 Å². The van der Waals surface area contributed by atoms with Crippen LogP contribution in [0.25, 0.3) is 0 Å². The van der Waals surface area contributed by atoms with Crippen molar-refractivity contribution in [2.24, 2.45) is 0 Å². The Balaban J connectivity index is 2.21. The minimum atomic E-state index is 0.141. The number of aromatic nitrogens is 2. The summed E-state index contributed by atoms with van der Waals surface area (Å²) in [7, 11) is 0. The Labute approximate surface area is 128 Å². The fraction of sp³-hybridized carbons (Fsp3) is 0.333. The van der Waals surface area contributed by atoms with E-state index in [0.29, 0.717) is 5.82 Å². The van der Waals surface area contributed by atoms with Gasteiger partial charge in [-0.25, -0.2) is 9.97 Å². The molecule has 2 aromatic rings. The van der Waals surface area contributed by atoms with E-state index in [1.165, 1.54) is 5.56 Å². The number of nitrogens with zero attached hydrogens (tertiary/aromatic N) is 2. The van der Waals surface area contributed by atoms with Crippen LogP contribution in [0, 0.1) is 0 Å². The Hall–Kier alpha value is -1.62. The first-order valence-electron chi connectivity index (χ1n) is 6.62. The maximum Gasteiger partial charge on any atom is 0.135 e. The molecule has 0 aliphatic carbocycles. The highest BCUT2D eigenvalue weighted by atomic mass is 79.9. The molecule has 20 heavy (non-hydrogen) atoms. The predicted octanol–water partition coefficient (Wildman–Crippen LogP) is 4.12. The fourth-order valence-electron chi connectivity index (χ4n) is 1.90. The highest BCUT2D eigenvalue weighted by molar-refractivity contribution is 9.10. The molecule has 1 aromatic heterocycles. The zero-order chi connectivity index (χ0) is 14.7. The summed E-state index contributed by atoms with van der Waals surface area (Å²) >= 11 is 3.48. The molecule has 3 N–H and O–H groups in total. The van der Waals surface area contributed by atoms with E-state index < -0.39 is 0 Å². The quantitative estimate of drug-likeness (QED) is 0.882. The summed E-state index contributed by atoms with van der Waals surface area (Å²) in [5.74, 6) is 2.26. The molecule has 0 saturated carbocycles. The molecule has 106 valence electrons. The maximum atomic E-state index is 5.84. The smallest absolute Gasteiger partial charge is 0.135 e. The molecule has 0 fully saturated rings. The van der Waals surface area contributed by atoms with Crippen LogP contribution in [0.15, 0.2) is 34.8 Å². The van der Waals surface area contributed by atoms with Gasteiger partial charge in [-0.2, -0.15) is 0 Å². The van der Waals surface area contributed by atoms with Crippen molar-refractivity contribution in [2.75, 3.05) is 11.1 Å². The molecule has 1 unspecified atom stereocenters. The van der Waals surface area contributed by atoms with E-state index >= 15 is 0 Å². The van der Waals surface area contributed by atoms with Crippen molar-refractivity contribution in [3.8, 4) is 0 Å². The maximum absolute atomic E-state index is 5.84. The summed E-state index contributed by atoms with van der Waals surface area (Å²) < 4.78 is 1.06. The lowest BCUT2D eigenvalue weighted by Crippen LogP contribution is -2.11. The van der Waals surface area contributed by atoms with Gasteiger partial charge in [0.2, 0.25) is 0 Å². The number of benzene rings is 1. The second-order valence-electron chi connectivity index (χ2n) is 5.11. The van der Waals surface area contributed by atoms with Gasteiger partial charge in [0.1, 0.15) is 17.5 Å². The van der Waals surface area contributed by atoms with E-state index in [0.717, 1.165) is 16.1 Å². The Bertz CT molecular complexity index is 598. The largest absolute Gasteiger partial charge is 0.384 e. The average Bonchev–Trinajstić information content (AvgIpc) is 2.37. The summed E-state index contributed by atoms with van der Waals surface area (Å²) in [6.45, 7) is 6.20. The monoisotopic (exact) mass is 334 g/mol. The van der Waals surface area contributed by atoms with E-state index in [9.17, 15) is 0 Å². The number of hydrogen-bond acceptors (Lipinski definition) is 4. The van der Waals surface area contributed by atoms with Crippen LogP contribution in [0.5, 0.6) is 0 Å². The number of anilines is 2. The van der Waals surface area contributed by atoms with Crippen molar-refractivity contribution in [1.82, 2.24) is 9.97 Å². The summed E-state index contributed by atoms with van der Waals surface area (Å²) in [5, 5.41) is 3.37. The Morgan fingerprint density at radius 3 is 2.55 bits per heavy atom. The number of nitrogens with one attached hydrogen (secondary N) is 1. The molecule has 0 amide bonds. The van der Waals surface area contributed by atoms with Gasteiger partial charge in [-0.05, 0) is 24.6 Å². The molecule has 0 bridgehead atoms. The first-order valence-corrected chi connectivity index (χ1v) is 7.41. The minimum absolute atomic E-state index is 0.141. The Kier molecular flexibility index (Phi) is 4.60. The molecule has 5 heteroatoms. The van der Waals surface area contributed by atoms with Gasteiger partial charge in [-0.3, -0.25) is 0 Å². The van der Waals surface area contributed by atoms with E-state index in [1.807, 2.05) is 12.1 Å². The van der Waals surface area contributed by atoms with Crippen LogP contribution in [0.1, 0.15) is 44.1 Å². The molecule has 2 rings (SSSR count). The standard InChI is InChI=1S/C15H19BrN4/c1-9(2)15-19-13(17)8-14(20-15)18-10(3)11-5-4-6-12(16)7-11/h4-10H,1-3H3,(H3,17,18,19,20). The third-order valence-electron chi connectivity index (χ3n) is 2.99. The van der Waals surface area contributed by atoms with Gasteiger partial charge < -0.3 is 11.1 Å². The topological polar surface area (TPSA) is 63.8 Å². The van der Waals surface area contributed by atoms with Gasteiger partial charge in [0.05, 0.1) is 0 Å². The molecule has 1 aromatic carbocycles. The van der Waals surface area contributed by atoms with Crippen LogP contribution < -0.4 is 11.1 Å². The summed E-state index contributed by atoms with van der Waals surface area (Å²) in [6, 6.07) is 10.1. The molecule has 0 saturated heterocycles. The van der Waals surface area contributed by atoms with E-state index in [2.05, 4.69) is 64.1 Å². The number of hydrogen-bond donors (Lipinski definition) is 2. The van der Waals surface area contributed by atoms with Crippen LogP contribution in [0.4, 0.5) is 11.6 Å². The van der Waals surface area contributed by atoms with Crippen LogP contribution in [-0.2, 0) is 0 Å². The zero-order valence-electron chi connectivity index (χ0n) is 11.9. The van der Waals surface area contributed by atoms with Crippen LogP contribution >= 0.6 is 15.9 Å². The first kappa shape index (κ1) is 14.8. The highest BCUT2D eigenvalue weighted by Gasteiger charge is 2.10. The number of rotatable bonds is 4. The normalized spacial score (nSPS) is 12.4. The lowest BCUT2D eigenvalue weighted by atomic mass is 10.1. The molecule has 0 aliphatic heterocycles. The molecule has 1 atom stereocenters. The van der Waals surface area contributed by atoms with Crippen molar-refractivity contribution < 1.29 is 0 Å². The average molecular weight is 335 g/mol. The van der Waals surface area contributed by atoms with Gasteiger partial charge in [-0.15, -0.1) is 0 Å². The second kappa shape index (κ2) is 6.22. The molecular weight excluding hydrogens is 316 g/mol. The lowest BCUT2D eigenvalue weighted by Gasteiger charge is -2.16. The van der Waals surface area contributed by atoms with Crippen molar-refractivity contribution in [3.63, 3.8) is 0 Å².